The Morgan fingerprint density at radius 3 is 2.65 bits per heavy atom. The summed E-state index contributed by atoms with van der Waals surface area (Å²) in [5.74, 6) is 0.0616. The number of nitro benzene ring substituents is 1. The van der Waals surface area contributed by atoms with Crippen LogP contribution in [0, 0.1) is 21.4 Å². The minimum atomic E-state index is -0.462. The lowest BCUT2D eigenvalue weighted by atomic mass is 10.0. The van der Waals surface area contributed by atoms with Gasteiger partial charge in [-0.1, -0.05) is 18.2 Å². The number of nitrogens with two attached hydrogens (primary N) is 1. The number of nitro groups is 1. The van der Waals surface area contributed by atoms with Crippen LogP contribution in [-0.2, 0) is 0 Å². The lowest BCUT2D eigenvalue weighted by Crippen LogP contribution is -2.00. The number of hydrogen-bond donors (Lipinski definition) is 1. The number of hydrogen-bond acceptors (Lipinski definition) is 6. The minimum absolute atomic E-state index is 0.0544. The van der Waals surface area contributed by atoms with Gasteiger partial charge in [-0.25, -0.2) is 4.98 Å². The highest BCUT2D eigenvalue weighted by molar-refractivity contribution is 7.13. The zero-order valence-electron chi connectivity index (χ0n) is 11.8. The smallest absolute Gasteiger partial charge is 0.278 e. The molecule has 2 heterocycles. The molecule has 23 heavy (non-hydrogen) atoms. The Morgan fingerprint density at radius 1 is 1.22 bits per heavy atom. The van der Waals surface area contributed by atoms with Crippen LogP contribution in [0.2, 0.25) is 0 Å². The van der Waals surface area contributed by atoms with Crippen molar-refractivity contribution in [3.05, 3.63) is 63.5 Å². The van der Waals surface area contributed by atoms with Gasteiger partial charge in [0.05, 0.1) is 16.2 Å². The molecule has 6 nitrogen and oxygen atoms in total. The van der Waals surface area contributed by atoms with Crippen LogP contribution >= 0.6 is 11.3 Å². The van der Waals surface area contributed by atoms with Gasteiger partial charge in [-0.3, -0.25) is 10.1 Å². The summed E-state index contributed by atoms with van der Waals surface area (Å²) >= 11 is 1.46. The van der Waals surface area contributed by atoms with Gasteiger partial charge < -0.3 is 5.73 Å². The highest BCUT2D eigenvalue weighted by Gasteiger charge is 2.19. The van der Waals surface area contributed by atoms with E-state index in [1.165, 1.54) is 17.4 Å². The molecule has 0 unspecified atom stereocenters. The lowest BCUT2D eigenvalue weighted by molar-refractivity contribution is -0.384. The van der Waals surface area contributed by atoms with E-state index in [2.05, 4.69) is 11.1 Å². The van der Waals surface area contributed by atoms with Gasteiger partial charge in [0.2, 0.25) is 0 Å². The van der Waals surface area contributed by atoms with Crippen LogP contribution < -0.4 is 5.73 Å². The highest BCUT2D eigenvalue weighted by atomic mass is 32.1. The molecule has 0 saturated heterocycles. The summed E-state index contributed by atoms with van der Waals surface area (Å²) in [6, 6.07) is 13.8. The van der Waals surface area contributed by atoms with E-state index < -0.39 is 4.92 Å². The average molecular weight is 322 g/mol. The number of benzene rings is 1. The number of rotatable bonds is 3. The van der Waals surface area contributed by atoms with Gasteiger partial charge in [0.1, 0.15) is 17.5 Å². The number of pyridine rings is 1. The number of para-hydroxylation sites is 1. The number of anilines is 1. The summed E-state index contributed by atoms with van der Waals surface area (Å²) in [5.41, 5.74) is 7.49. The molecule has 0 fully saturated rings. The topological polar surface area (TPSA) is 106 Å². The van der Waals surface area contributed by atoms with E-state index in [4.69, 9.17) is 5.73 Å². The van der Waals surface area contributed by atoms with Crippen LogP contribution in [0.15, 0.2) is 47.8 Å². The number of nitrogen functional groups attached to an aromatic ring is 1. The molecule has 0 bridgehead atoms. The van der Waals surface area contributed by atoms with Crippen LogP contribution in [0.25, 0.3) is 21.7 Å². The Kier molecular flexibility index (Phi) is 3.75. The van der Waals surface area contributed by atoms with Crippen LogP contribution in [-0.4, -0.2) is 9.91 Å². The molecule has 0 aliphatic carbocycles. The predicted molar refractivity (Wildman–Crippen MR) is 88.8 cm³/mol. The zero-order valence-corrected chi connectivity index (χ0v) is 12.6. The molecule has 2 N–H and O–H groups in total. The van der Waals surface area contributed by atoms with Gasteiger partial charge in [0, 0.05) is 16.5 Å². The molecule has 0 radical (unpaired) electrons. The van der Waals surface area contributed by atoms with Crippen LogP contribution in [0.3, 0.4) is 0 Å². The second-order valence-electron chi connectivity index (χ2n) is 4.68. The molecule has 112 valence electrons. The van der Waals surface area contributed by atoms with Crippen molar-refractivity contribution in [3.8, 4) is 27.8 Å². The second kappa shape index (κ2) is 5.87. The molecule has 0 saturated carbocycles. The number of nitriles is 1. The molecule has 1 aromatic carbocycles. The molecule has 0 aliphatic heterocycles. The Morgan fingerprint density at radius 2 is 2.00 bits per heavy atom. The maximum absolute atomic E-state index is 11.2. The maximum atomic E-state index is 11.2. The molecule has 0 atom stereocenters. The predicted octanol–water partition coefficient (Wildman–Crippen LogP) is 3.84. The van der Waals surface area contributed by atoms with Gasteiger partial charge in [-0.15, -0.1) is 11.3 Å². The SMILES string of the molecule is N#Cc1c(-c2cccs2)cc(-c2ccccc2[N+](=O)[O-])nc1N. The lowest BCUT2D eigenvalue weighted by Gasteiger charge is -2.09. The Bertz CT molecular complexity index is 930. The largest absolute Gasteiger partial charge is 0.383 e. The summed E-state index contributed by atoms with van der Waals surface area (Å²) < 4.78 is 0. The van der Waals surface area contributed by atoms with E-state index in [9.17, 15) is 15.4 Å². The van der Waals surface area contributed by atoms with Crippen LogP contribution in [0.5, 0.6) is 0 Å². The summed E-state index contributed by atoms with van der Waals surface area (Å²) in [6.45, 7) is 0. The number of nitrogens with zero attached hydrogens (tertiary/aromatic N) is 3. The van der Waals surface area contributed by atoms with E-state index >= 15 is 0 Å². The van der Waals surface area contributed by atoms with Crippen molar-refractivity contribution in [1.82, 2.24) is 4.98 Å². The fourth-order valence-corrected chi connectivity index (χ4v) is 3.04. The summed E-state index contributed by atoms with van der Waals surface area (Å²) in [5, 5.41) is 22.4. The number of thiophene rings is 1. The van der Waals surface area contributed by atoms with Gasteiger partial charge in [-0.05, 0) is 23.6 Å². The van der Waals surface area contributed by atoms with Gasteiger partial charge in [-0.2, -0.15) is 5.26 Å². The zero-order chi connectivity index (χ0) is 16.4. The number of aromatic nitrogens is 1. The van der Waals surface area contributed by atoms with Crippen LogP contribution in [0.1, 0.15) is 5.56 Å². The molecule has 0 spiro atoms. The second-order valence-corrected chi connectivity index (χ2v) is 5.63. The Labute approximate surface area is 135 Å². The highest BCUT2D eigenvalue weighted by Crippen LogP contribution is 2.36. The molecule has 2 aromatic heterocycles. The fourth-order valence-electron chi connectivity index (χ4n) is 2.30. The summed E-state index contributed by atoms with van der Waals surface area (Å²) in [7, 11) is 0. The Hall–Kier alpha value is -3.24. The molecule has 3 rings (SSSR count). The van der Waals surface area contributed by atoms with Crippen molar-refractivity contribution < 1.29 is 4.92 Å². The van der Waals surface area contributed by atoms with E-state index in [0.717, 1.165) is 4.88 Å². The van der Waals surface area contributed by atoms with Gasteiger partial charge in [0.25, 0.3) is 5.69 Å². The van der Waals surface area contributed by atoms with E-state index in [-0.39, 0.29) is 17.1 Å². The molecule has 7 heteroatoms. The standard InChI is InChI=1S/C16H10N4O2S/c17-9-12-11(15-6-3-7-23-15)8-13(19-16(12)18)10-4-1-2-5-14(10)20(21)22/h1-8H,(H2,18,19). The quantitative estimate of drug-likeness (QED) is 0.582. The summed E-state index contributed by atoms with van der Waals surface area (Å²) in [6.07, 6.45) is 0. The van der Waals surface area contributed by atoms with Crippen molar-refractivity contribution in [1.29, 1.82) is 5.26 Å². The molecule has 0 aliphatic rings. The third kappa shape index (κ3) is 2.63. The van der Waals surface area contributed by atoms with Crippen molar-refractivity contribution >= 4 is 22.8 Å². The first-order valence-corrected chi connectivity index (χ1v) is 7.48. The first-order valence-electron chi connectivity index (χ1n) is 6.60. The monoisotopic (exact) mass is 322 g/mol. The average Bonchev–Trinajstić information content (AvgIpc) is 3.08. The third-order valence-corrected chi connectivity index (χ3v) is 4.23. The first-order chi connectivity index (χ1) is 11.1. The van der Waals surface area contributed by atoms with Crippen molar-refractivity contribution in [3.63, 3.8) is 0 Å². The van der Waals surface area contributed by atoms with Gasteiger partial charge in [0.15, 0.2) is 0 Å². The molecule has 0 amide bonds. The van der Waals surface area contributed by atoms with Crippen molar-refractivity contribution in [2.24, 2.45) is 0 Å². The Balaban J connectivity index is 2.28. The maximum Gasteiger partial charge on any atom is 0.278 e. The summed E-state index contributed by atoms with van der Waals surface area (Å²) in [4.78, 5) is 15.8. The van der Waals surface area contributed by atoms with E-state index in [1.807, 2.05) is 17.5 Å². The minimum Gasteiger partial charge on any atom is -0.383 e. The van der Waals surface area contributed by atoms with Crippen molar-refractivity contribution in [2.45, 2.75) is 0 Å². The molecular weight excluding hydrogens is 312 g/mol. The first kappa shape index (κ1) is 14.7. The van der Waals surface area contributed by atoms with Crippen molar-refractivity contribution in [2.75, 3.05) is 5.73 Å². The normalized spacial score (nSPS) is 10.2. The van der Waals surface area contributed by atoms with E-state index in [0.29, 0.717) is 16.8 Å². The van der Waals surface area contributed by atoms with Crippen LogP contribution in [0.4, 0.5) is 11.5 Å². The third-order valence-electron chi connectivity index (χ3n) is 3.32. The van der Waals surface area contributed by atoms with E-state index in [1.54, 1.807) is 24.3 Å². The molecular formula is C16H10N4O2S. The molecule has 3 aromatic rings. The fraction of sp³-hybridized carbons (Fsp3) is 0. The van der Waals surface area contributed by atoms with Gasteiger partial charge >= 0.3 is 0 Å².